The zero-order valence-electron chi connectivity index (χ0n) is 16.2. The van der Waals surface area contributed by atoms with Gasteiger partial charge in [-0.15, -0.1) is 0 Å². The number of piperidine rings is 1. The molecule has 0 atom stereocenters. The van der Waals surface area contributed by atoms with Gasteiger partial charge in [0.05, 0.1) is 12.0 Å². The summed E-state index contributed by atoms with van der Waals surface area (Å²) in [6.07, 6.45) is 1.72. The summed E-state index contributed by atoms with van der Waals surface area (Å²) in [6.45, 7) is 3.47. The third-order valence-corrected chi connectivity index (χ3v) is 7.00. The third kappa shape index (κ3) is 4.54. The molecule has 150 valence electrons. The van der Waals surface area contributed by atoms with Crippen LogP contribution in [0.2, 0.25) is 0 Å². The normalized spacial score (nSPS) is 15.9. The van der Waals surface area contributed by atoms with Crippen LogP contribution in [0.1, 0.15) is 35.7 Å². The summed E-state index contributed by atoms with van der Waals surface area (Å²) in [5.41, 5.74) is 1.17. The standard InChI is InChI=1S/C21H26N2O4S/c1-16-10-12-23(13-11-16)28(25,26)19-8-5-7-17(14-19)21(24)22-15-18-6-3-4-9-20(18)27-2/h3-9,14,16H,10-13,15H2,1-2H3,(H,22,24). The van der Waals surface area contributed by atoms with Crippen LogP contribution >= 0.6 is 0 Å². The molecule has 0 spiro atoms. The number of benzene rings is 2. The van der Waals surface area contributed by atoms with Crippen molar-refractivity contribution in [3.05, 3.63) is 59.7 Å². The summed E-state index contributed by atoms with van der Waals surface area (Å²) >= 11 is 0. The van der Waals surface area contributed by atoms with E-state index in [0.29, 0.717) is 36.9 Å². The van der Waals surface area contributed by atoms with Crippen molar-refractivity contribution in [2.24, 2.45) is 5.92 Å². The van der Waals surface area contributed by atoms with Crippen LogP contribution in [0, 0.1) is 5.92 Å². The summed E-state index contributed by atoms with van der Waals surface area (Å²) < 4.78 is 32.6. The number of ether oxygens (including phenoxy) is 1. The first kappa shape index (κ1) is 20.4. The Kier molecular flexibility index (Phi) is 6.36. The van der Waals surface area contributed by atoms with Crippen LogP contribution in [0.15, 0.2) is 53.4 Å². The Balaban J connectivity index is 1.72. The monoisotopic (exact) mass is 402 g/mol. The Labute approximate surface area is 166 Å². The van der Waals surface area contributed by atoms with Crippen molar-refractivity contribution in [2.45, 2.75) is 31.2 Å². The SMILES string of the molecule is COc1ccccc1CNC(=O)c1cccc(S(=O)(=O)N2CCC(C)CC2)c1. The predicted molar refractivity (Wildman–Crippen MR) is 108 cm³/mol. The number of nitrogens with zero attached hydrogens (tertiary/aromatic N) is 1. The molecule has 6 nitrogen and oxygen atoms in total. The molecular formula is C21H26N2O4S. The van der Waals surface area contributed by atoms with E-state index in [1.54, 1.807) is 25.3 Å². The van der Waals surface area contributed by atoms with E-state index >= 15 is 0 Å². The highest BCUT2D eigenvalue weighted by atomic mass is 32.2. The van der Waals surface area contributed by atoms with Crippen molar-refractivity contribution in [2.75, 3.05) is 20.2 Å². The van der Waals surface area contributed by atoms with Crippen molar-refractivity contribution >= 4 is 15.9 Å². The number of para-hydroxylation sites is 1. The predicted octanol–water partition coefficient (Wildman–Crippen LogP) is 3.05. The van der Waals surface area contributed by atoms with Gasteiger partial charge in [0, 0.05) is 30.8 Å². The van der Waals surface area contributed by atoms with Crippen LogP contribution in [-0.4, -0.2) is 38.8 Å². The van der Waals surface area contributed by atoms with Crippen LogP contribution in [0.4, 0.5) is 0 Å². The highest BCUT2D eigenvalue weighted by molar-refractivity contribution is 7.89. The second-order valence-corrected chi connectivity index (χ2v) is 9.05. The van der Waals surface area contributed by atoms with Gasteiger partial charge >= 0.3 is 0 Å². The molecule has 0 saturated carbocycles. The maximum Gasteiger partial charge on any atom is 0.251 e. The van der Waals surface area contributed by atoms with Crippen molar-refractivity contribution < 1.29 is 17.9 Å². The molecule has 1 aliphatic rings. The van der Waals surface area contributed by atoms with Crippen molar-refractivity contribution in [1.82, 2.24) is 9.62 Å². The molecule has 0 radical (unpaired) electrons. The first-order valence-electron chi connectivity index (χ1n) is 9.42. The topological polar surface area (TPSA) is 75.7 Å². The van der Waals surface area contributed by atoms with Crippen LogP contribution in [0.25, 0.3) is 0 Å². The lowest BCUT2D eigenvalue weighted by Gasteiger charge is -2.29. The van der Waals surface area contributed by atoms with Gasteiger partial charge in [0.25, 0.3) is 5.91 Å². The lowest BCUT2D eigenvalue weighted by atomic mass is 10.0. The van der Waals surface area contributed by atoms with E-state index in [-0.39, 0.29) is 10.8 Å². The Morgan fingerprint density at radius 3 is 2.57 bits per heavy atom. The minimum atomic E-state index is -3.59. The van der Waals surface area contributed by atoms with Crippen LogP contribution in [-0.2, 0) is 16.6 Å². The Bertz CT molecular complexity index is 935. The minimum absolute atomic E-state index is 0.159. The molecule has 1 fully saturated rings. The molecule has 1 saturated heterocycles. The highest BCUT2D eigenvalue weighted by Crippen LogP contribution is 2.24. The molecule has 2 aromatic rings. The molecule has 0 unspecified atom stereocenters. The number of amides is 1. The van der Waals surface area contributed by atoms with Gasteiger partial charge in [-0.3, -0.25) is 4.79 Å². The second-order valence-electron chi connectivity index (χ2n) is 7.11. The largest absolute Gasteiger partial charge is 0.496 e. The number of sulfonamides is 1. The average Bonchev–Trinajstić information content (AvgIpc) is 2.72. The van der Waals surface area contributed by atoms with Gasteiger partial charge < -0.3 is 10.1 Å². The number of carbonyl (C=O) groups is 1. The zero-order valence-corrected chi connectivity index (χ0v) is 17.0. The first-order chi connectivity index (χ1) is 13.4. The van der Waals surface area contributed by atoms with E-state index in [1.807, 2.05) is 24.3 Å². The van der Waals surface area contributed by atoms with Crippen LogP contribution in [0.5, 0.6) is 5.75 Å². The molecule has 1 amide bonds. The number of rotatable bonds is 6. The number of hydrogen-bond donors (Lipinski definition) is 1. The summed E-state index contributed by atoms with van der Waals surface area (Å²) in [4.78, 5) is 12.7. The molecule has 2 aromatic carbocycles. The molecule has 3 rings (SSSR count). The minimum Gasteiger partial charge on any atom is -0.496 e. The molecule has 0 bridgehead atoms. The van der Waals surface area contributed by atoms with Crippen LogP contribution < -0.4 is 10.1 Å². The fourth-order valence-electron chi connectivity index (χ4n) is 3.30. The van der Waals surface area contributed by atoms with E-state index in [4.69, 9.17) is 4.74 Å². The molecule has 0 aromatic heterocycles. The fourth-order valence-corrected chi connectivity index (χ4v) is 4.81. The molecule has 0 aliphatic carbocycles. The number of methoxy groups -OCH3 is 1. The smallest absolute Gasteiger partial charge is 0.251 e. The van der Waals surface area contributed by atoms with E-state index in [9.17, 15) is 13.2 Å². The Morgan fingerprint density at radius 2 is 1.86 bits per heavy atom. The fraction of sp³-hybridized carbons (Fsp3) is 0.381. The number of nitrogens with one attached hydrogen (secondary N) is 1. The molecule has 1 aliphatic heterocycles. The maximum absolute atomic E-state index is 12.9. The summed E-state index contributed by atoms with van der Waals surface area (Å²) in [5, 5.41) is 2.83. The maximum atomic E-state index is 12.9. The number of carbonyl (C=O) groups excluding carboxylic acids is 1. The van der Waals surface area contributed by atoms with Gasteiger partial charge in [0.1, 0.15) is 5.75 Å². The Hall–Kier alpha value is -2.38. The van der Waals surface area contributed by atoms with Crippen molar-refractivity contribution in [3.63, 3.8) is 0 Å². The van der Waals surface area contributed by atoms with E-state index < -0.39 is 10.0 Å². The summed E-state index contributed by atoms with van der Waals surface area (Å²) in [6, 6.07) is 13.7. The van der Waals surface area contributed by atoms with Gasteiger partial charge in [0.15, 0.2) is 0 Å². The van der Waals surface area contributed by atoms with Gasteiger partial charge in [-0.25, -0.2) is 8.42 Å². The third-order valence-electron chi connectivity index (χ3n) is 5.11. The first-order valence-corrected chi connectivity index (χ1v) is 10.9. The van der Waals surface area contributed by atoms with E-state index in [0.717, 1.165) is 18.4 Å². The van der Waals surface area contributed by atoms with Crippen molar-refractivity contribution in [3.8, 4) is 5.75 Å². The van der Waals surface area contributed by atoms with E-state index in [1.165, 1.54) is 10.4 Å². The lowest BCUT2D eigenvalue weighted by Crippen LogP contribution is -2.38. The summed E-state index contributed by atoms with van der Waals surface area (Å²) in [7, 11) is -2.01. The quantitative estimate of drug-likeness (QED) is 0.806. The molecule has 1 N–H and O–H groups in total. The van der Waals surface area contributed by atoms with Crippen molar-refractivity contribution in [1.29, 1.82) is 0 Å². The Morgan fingerprint density at radius 1 is 1.14 bits per heavy atom. The van der Waals surface area contributed by atoms with Gasteiger partial charge in [-0.1, -0.05) is 31.2 Å². The average molecular weight is 403 g/mol. The number of hydrogen-bond acceptors (Lipinski definition) is 4. The highest BCUT2D eigenvalue weighted by Gasteiger charge is 2.28. The zero-order chi connectivity index (χ0) is 20.1. The molecule has 1 heterocycles. The summed E-state index contributed by atoms with van der Waals surface area (Å²) in [5.74, 6) is 0.909. The van der Waals surface area contributed by atoms with Crippen LogP contribution in [0.3, 0.4) is 0 Å². The van der Waals surface area contributed by atoms with E-state index in [2.05, 4.69) is 12.2 Å². The molecule has 28 heavy (non-hydrogen) atoms. The lowest BCUT2D eigenvalue weighted by molar-refractivity contribution is 0.0950. The second kappa shape index (κ2) is 8.75. The van der Waals surface area contributed by atoms with Gasteiger partial charge in [-0.05, 0) is 43.0 Å². The molecular weight excluding hydrogens is 376 g/mol. The molecule has 7 heteroatoms. The van der Waals surface area contributed by atoms with Gasteiger partial charge in [0.2, 0.25) is 10.0 Å². The van der Waals surface area contributed by atoms with Gasteiger partial charge in [-0.2, -0.15) is 4.31 Å².